The van der Waals surface area contributed by atoms with Crippen molar-refractivity contribution >= 4 is 0 Å². The van der Waals surface area contributed by atoms with Crippen LogP contribution in [0.25, 0.3) is 0 Å². The second-order valence-electron chi connectivity index (χ2n) is 1.86. The molecule has 1 rings (SSSR count). The zero-order valence-corrected chi connectivity index (χ0v) is 6.10. The van der Waals surface area contributed by atoms with E-state index < -0.39 is 0 Å². The van der Waals surface area contributed by atoms with Crippen LogP contribution >= 0.6 is 0 Å². The summed E-state index contributed by atoms with van der Waals surface area (Å²) in [4.78, 5) is 3.82. The molecule has 42 valence electrons. The Balaban J connectivity index is 0.000000640. The number of aromatic nitrogens is 1. The third kappa shape index (κ3) is 2.22. The van der Waals surface area contributed by atoms with Crippen molar-refractivity contribution in [3.63, 3.8) is 0 Å². The molecule has 0 saturated carbocycles. The summed E-state index contributed by atoms with van der Waals surface area (Å²) >= 11 is 0. The Labute approximate surface area is 67.7 Å². The number of hydrogen-bond acceptors (Lipinski definition) is 1. The third-order valence-electron chi connectivity index (χ3n) is 1.22. The second kappa shape index (κ2) is 3.71. The molecule has 0 N–H and O–H groups in total. The molecule has 1 aromatic rings. The normalized spacial score (nSPS) is 8.22. The van der Waals surface area contributed by atoms with E-state index in [9.17, 15) is 0 Å². The molecule has 0 aliphatic rings. The Bertz CT molecular complexity index is 165. The van der Waals surface area contributed by atoms with Crippen LogP contribution in [-0.2, 0) is 0 Å². The van der Waals surface area contributed by atoms with Gasteiger partial charge in [0.2, 0.25) is 0 Å². The standard InChI is InChI=1S/C7H8N.Li/c1-6-3-4-8-5-7(6)2;/h3-4H,1-2H3;/q-1;+1. The maximum absolute atomic E-state index is 3.82. The first-order chi connectivity index (χ1) is 3.80. The molecule has 1 nitrogen and oxygen atoms in total. The van der Waals surface area contributed by atoms with E-state index in [1.807, 2.05) is 19.9 Å². The fourth-order valence-electron chi connectivity index (χ4n) is 0.496. The van der Waals surface area contributed by atoms with Gasteiger partial charge in [-0.15, -0.1) is 5.56 Å². The molecule has 0 saturated heterocycles. The van der Waals surface area contributed by atoms with E-state index in [0.717, 1.165) is 5.56 Å². The van der Waals surface area contributed by atoms with Crippen molar-refractivity contribution in [3.8, 4) is 0 Å². The molecule has 0 atom stereocenters. The van der Waals surface area contributed by atoms with Gasteiger partial charge in [-0.1, -0.05) is 26.2 Å². The summed E-state index contributed by atoms with van der Waals surface area (Å²) in [6, 6.07) is 1.98. The minimum Gasteiger partial charge on any atom is -0.394 e. The van der Waals surface area contributed by atoms with E-state index in [2.05, 4.69) is 11.2 Å². The molecule has 9 heavy (non-hydrogen) atoms. The van der Waals surface area contributed by atoms with Crippen molar-refractivity contribution in [3.05, 3.63) is 29.6 Å². The van der Waals surface area contributed by atoms with Gasteiger partial charge >= 0.3 is 18.9 Å². The zero-order chi connectivity index (χ0) is 5.98. The Morgan fingerprint density at radius 2 is 2.11 bits per heavy atom. The predicted octanol–water partition coefficient (Wildman–Crippen LogP) is -1.50. The molecule has 0 unspecified atom stereocenters. The monoisotopic (exact) mass is 113 g/mol. The second-order valence-corrected chi connectivity index (χ2v) is 1.86. The van der Waals surface area contributed by atoms with Crippen molar-refractivity contribution < 1.29 is 18.9 Å². The summed E-state index contributed by atoms with van der Waals surface area (Å²) in [5, 5.41) is 0. The van der Waals surface area contributed by atoms with E-state index >= 15 is 0 Å². The van der Waals surface area contributed by atoms with Gasteiger partial charge in [-0.05, 0) is 0 Å². The first-order valence-corrected chi connectivity index (χ1v) is 2.60. The zero-order valence-electron chi connectivity index (χ0n) is 6.10. The third-order valence-corrected chi connectivity index (χ3v) is 1.22. The van der Waals surface area contributed by atoms with Crippen LogP contribution in [0.1, 0.15) is 11.1 Å². The van der Waals surface area contributed by atoms with Crippen molar-refractivity contribution in [1.82, 2.24) is 4.98 Å². The molecule has 1 aromatic heterocycles. The van der Waals surface area contributed by atoms with Crippen LogP contribution in [0, 0.1) is 20.0 Å². The van der Waals surface area contributed by atoms with Gasteiger partial charge in [0, 0.05) is 0 Å². The summed E-state index contributed by atoms with van der Waals surface area (Å²) in [6.07, 6.45) is 4.60. The first kappa shape index (κ1) is 8.75. The fraction of sp³-hybridized carbons (Fsp3) is 0.286. The van der Waals surface area contributed by atoms with Gasteiger partial charge in [-0.2, -0.15) is 11.6 Å². The molecule has 0 spiro atoms. The first-order valence-electron chi connectivity index (χ1n) is 2.60. The largest absolute Gasteiger partial charge is 1.00 e. The number of rotatable bonds is 0. The molecule has 0 radical (unpaired) electrons. The Hall–Kier alpha value is -0.253. The van der Waals surface area contributed by atoms with Crippen LogP contribution in [0.5, 0.6) is 0 Å². The maximum atomic E-state index is 3.82. The van der Waals surface area contributed by atoms with Gasteiger partial charge in [-0.25, -0.2) is 0 Å². The molecule has 0 aliphatic carbocycles. The average Bonchev–Trinajstić information content (AvgIpc) is 1.77. The van der Waals surface area contributed by atoms with E-state index in [0.29, 0.717) is 0 Å². The number of aryl methyl sites for hydroxylation is 2. The summed E-state index contributed by atoms with van der Waals surface area (Å²) in [6.45, 7) is 4.05. The number of nitrogens with zero attached hydrogens (tertiary/aromatic N) is 1. The Morgan fingerprint density at radius 1 is 1.44 bits per heavy atom. The molecule has 0 amide bonds. The average molecular weight is 113 g/mol. The molecule has 0 bridgehead atoms. The van der Waals surface area contributed by atoms with Gasteiger partial charge in [-0.3, -0.25) is 0 Å². The SMILES string of the molecule is Cc1[c-]nccc1C.[Li+]. The summed E-state index contributed by atoms with van der Waals surface area (Å²) in [5.41, 5.74) is 2.38. The molecular formula is C7H8LiN. The smallest absolute Gasteiger partial charge is 0.394 e. The fourth-order valence-corrected chi connectivity index (χ4v) is 0.496. The molecule has 0 aliphatic heterocycles. The van der Waals surface area contributed by atoms with Gasteiger partial charge in [0.05, 0.1) is 0 Å². The van der Waals surface area contributed by atoms with Crippen LogP contribution in [0.4, 0.5) is 0 Å². The van der Waals surface area contributed by atoms with Crippen LogP contribution < -0.4 is 18.9 Å². The van der Waals surface area contributed by atoms with E-state index in [1.54, 1.807) is 6.20 Å². The van der Waals surface area contributed by atoms with Crippen LogP contribution in [0.2, 0.25) is 0 Å². The number of pyridine rings is 1. The Morgan fingerprint density at radius 3 is 2.44 bits per heavy atom. The quantitative estimate of drug-likeness (QED) is 0.295. The number of hydrogen-bond donors (Lipinski definition) is 0. The molecule has 2 heteroatoms. The predicted molar refractivity (Wildman–Crippen MR) is 32.5 cm³/mol. The minimum atomic E-state index is 0. The summed E-state index contributed by atoms with van der Waals surface area (Å²) < 4.78 is 0. The van der Waals surface area contributed by atoms with Gasteiger partial charge < -0.3 is 4.98 Å². The van der Waals surface area contributed by atoms with Gasteiger partial charge in [0.15, 0.2) is 0 Å². The molecule has 0 fully saturated rings. The van der Waals surface area contributed by atoms with Crippen molar-refractivity contribution in [2.24, 2.45) is 0 Å². The molecule has 0 aromatic carbocycles. The van der Waals surface area contributed by atoms with E-state index in [1.165, 1.54) is 5.56 Å². The summed E-state index contributed by atoms with van der Waals surface area (Å²) in [5.74, 6) is 0. The maximum Gasteiger partial charge on any atom is 1.00 e. The summed E-state index contributed by atoms with van der Waals surface area (Å²) in [7, 11) is 0. The minimum absolute atomic E-state index is 0. The molecular weight excluding hydrogens is 105 g/mol. The van der Waals surface area contributed by atoms with Crippen LogP contribution in [0.15, 0.2) is 12.3 Å². The van der Waals surface area contributed by atoms with Crippen molar-refractivity contribution in [2.75, 3.05) is 0 Å². The van der Waals surface area contributed by atoms with Gasteiger partial charge in [0.1, 0.15) is 0 Å². The van der Waals surface area contributed by atoms with Crippen molar-refractivity contribution in [2.45, 2.75) is 13.8 Å². The molecule has 1 heterocycles. The Kier molecular flexibility index (Phi) is 3.61. The van der Waals surface area contributed by atoms with E-state index in [4.69, 9.17) is 0 Å². The van der Waals surface area contributed by atoms with Crippen LogP contribution in [-0.4, -0.2) is 4.98 Å². The van der Waals surface area contributed by atoms with E-state index in [-0.39, 0.29) is 18.9 Å². The van der Waals surface area contributed by atoms with Gasteiger partial charge in [0.25, 0.3) is 0 Å². The van der Waals surface area contributed by atoms with Crippen molar-refractivity contribution in [1.29, 1.82) is 0 Å². The topological polar surface area (TPSA) is 12.9 Å². The van der Waals surface area contributed by atoms with Crippen LogP contribution in [0.3, 0.4) is 0 Å².